The van der Waals surface area contributed by atoms with Crippen LogP contribution < -0.4 is 4.90 Å². The molecule has 2 nitrogen and oxygen atoms in total. The van der Waals surface area contributed by atoms with E-state index in [0.29, 0.717) is 0 Å². The van der Waals surface area contributed by atoms with E-state index in [1.54, 1.807) is 0 Å². The molecule has 2 heteroatoms. The number of para-hydroxylation sites is 1. The molecule has 11 aromatic rings. The number of fused-ring (bicyclic) bond motifs is 12. The summed E-state index contributed by atoms with van der Waals surface area (Å²) in [6, 6.07) is 85.8. The van der Waals surface area contributed by atoms with Gasteiger partial charge in [-0.1, -0.05) is 208 Å². The molecule has 0 fully saturated rings. The third kappa shape index (κ3) is 5.07. The SMILES string of the molecule is CC1(C)c2ccccc2-c2ccc(N(c3ccc4c(c3)C(c3ccccc3)(c3ccccc3)c3ccccc3-4)c3ccc(C4(C)c5ccccc5-c5ccccc54)c4oc5ccccc5c34)cc21. The lowest BCUT2D eigenvalue weighted by Crippen LogP contribution is -2.28. The van der Waals surface area contributed by atoms with Gasteiger partial charge in [0.25, 0.3) is 0 Å². The first-order chi connectivity index (χ1) is 33.4. The summed E-state index contributed by atoms with van der Waals surface area (Å²) in [5.41, 5.74) is 23.0. The summed E-state index contributed by atoms with van der Waals surface area (Å²) in [6.45, 7) is 7.14. The molecule has 0 amide bonds. The second-order valence-electron chi connectivity index (χ2n) is 19.6. The van der Waals surface area contributed by atoms with E-state index in [1.165, 1.54) is 77.9 Å². The maximum atomic E-state index is 7.24. The Morgan fingerprint density at radius 1 is 0.353 bits per heavy atom. The van der Waals surface area contributed by atoms with Gasteiger partial charge < -0.3 is 9.32 Å². The molecule has 0 unspecified atom stereocenters. The summed E-state index contributed by atoms with van der Waals surface area (Å²) in [5.74, 6) is 0. The molecule has 0 aliphatic heterocycles. The lowest BCUT2D eigenvalue weighted by molar-refractivity contribution is 0.638. The van der Waals surface area contributed by atoms with Gasteiger partial charge in [0.2, 0.25) is 0 Å². The van der Waals surface area contributed by atoms with E-state index in [2.05, 4.69) is 256 Å². The van der Waals surface area contributed by atoms with Crippen molar-refractivity contribution in [1.82, 2.24) is 0 Å². The molecular formula is C66H47NO. The Balaban J connectivity index is 1.08. The zero-order valence-electron chi connectivity index (χ0n) is 38.3. The van der Waals surface area contributed by atoms with Gasteiger partial charge in [0.15, 0.2) is 0 Å². The Kier molecular flexibility index (Phi) is 8.12. The molecule has 1 aromatic heterocycles. The quantitative estimate of drug-likeness (QED) is 0.166. The van der Waals surface area contributed by atoms with E-state index in [4.69, 9.17) is 4.42 Å². The third-order valence-corrected chi connectivity index (χ3v) is 16.0. The van der Waals surface area contributed by atoms with Gasteiger partial charge in [-0.2, -0.15) is 0 Å². The van der Waals surface area contributed by atoms with E-state index >= 15 is 0 Å². The molecule has 0 N–H and O–H groups in total. The van der Waals surface area contributed by atoms with Crippen LogP contribution in [0.2, 0.25) is 0 Å². The first-order valence-electron chi connectivity index (χ1n) is 23.9. The predicted molar refractivity (Wildman–Crippen MR) is 281 cm³/mol. The highest BCUT2D eigenvalue weighted by molar-refractivity contribution is 6.15. The zero-order valence-corrected chi connectivity index (χ0v) is 38.3. The lowest BCUT2D eigenvalue weighted by Gasteiger charge is -2.35. The van der Waals surface area contributed by atoms with Gasteiger partial charge in [0, 0.05) is 33.2 Å². The predicted octanol–water partition coefficient (Wildman–Crippen LogP) is 17.1. The van der Waals surface area contributed by atoms with Crippen LogP contribution in [0.15, 0.2) is 235 Å². The number of anilines is 3. The van der Waals surface area contributed by atoms with E-state index in [-0.39, 0.29) is 5.41 Å². The molecule has 0 saturated carbocycles. The summed E-state index contributed by atoms with van der Waals surface area (Å²) in [4.78, 5) is 2.52. The Labute approximate surface area is 397 Å². The highest BCUT2D eigenvalue weighted by Crippen LogP contribution is 2.60. The monoisotopic (exact) mass is 869 g/mol. The molecule has 0 bridgehead atoms. The molecule has 1 heterocycles. The number of hydrogen-bond donors (Lipinski definition) is 0. The van der Waals surface area contributed by atoms with E-state index in [0.717, 1.165) is 44.6 Å². The van der Waals surface area contributed by atoms with Crippen molar-refractivity contribution in [3.63, 3.8) is 0 Å². The molecule has 0 saturated heterocycles. The highest BCUT2D eigenvalue weighted by Gasteiger charge is 2.47. The van der Waals surface area contributed by atoms with E-state index in [1.807, 2.05) is 0 Å². The minimum absolute atomic E-state index is 0.192. The number of nitrogens with zero attached hydrogens (tertiary/aromatic N) is 1. The van der Waals surface area contributed by atoms with Crippen LogP contribution in [0.25, 0.3) is 55.3 Å². The van der Waals surface area contributed by atoms with Gasteiger partial charge >= 0.3 is 0 Å². The summed E-state index contributed by atoms with van der Waals surface area (Å²) in [7, 11) is 0. The van der Waals surface area contributed by atoms with E-state index in [9.17, 15) is 0 Å². The number of furan rings is 1. The Morgan fingerprint density at radius 3 is 1.43 bits per heavy atom. The molecule has 10 aromatic carbocycles. The molecule has 3 aliphatic carbocycles. The summed E-state index contributed by atoms with van der Waals surface area (Å²) in [6.07, 6.45) is 0. The minimum atomic E-state index is -0.558. The van der Waals surface area contributed by atoms with Gasteiger partial charge in [0.05, 0.1) is 16.5 Å². The van der Waals surface area contributed by atoms with Crippen LogP contribution in [-0.2, 0) is 16.2 Å². The number of rotatable bonds is 6. The van der Waals surface area contributed by atoms with Crippen LogP contribution in [0.5, 0.6) is 0 Å². The van der Waals surface area contributed by atoms with Gasteiger partial charge in [-0.3, -0.25) is 0 Å². The fourth-order valence-electron chi connectivity index (χ4n) is 13.0. The average molecular weight is 870 g/mol. The summed E-state index contributed by atoms with van der Waals surface area (Å²) in [5, 5.41) is 2.20. The highest BCUT2D eigenvalue weighted by atomic mass is 16.3. The number of benzene rings is 10. The third-order valence-electron chi connectivity index (χ3n) is 16.0. The standard InChI is InChI=1S/C66H47NO/c1-64(2)53-29-15-10-24-46(53)50-36-34-44(40-58(50)64)67(45-35-37-51-49-27-13-18-32-56(49)66(59(51)41-45,42-20-6-4-7-21-42)43-22-8-5-9-23-43)60-39-38-57(63-62(60)52-28-14-19-33-61(52)68-63)65(3)54-30-16-11-25-47(54)48-26-12-17-31-55(48)65/h4-41H,1-3H3. The first-order valence-corrected chi connectivity index (χ1v) is 23.9. The van der Waals surface area contributed by atoms with Crippen LogP contribution >= 0.6 is 0 Å². The Hall–Kier alpha value is -8.20. The summed E-state index contributed by atoms with van der Waals surface area (Å²) >= 11 is 0. The second-order valence-corrected chi connectivity index (χ2v) is 19.6. The zero-order chi connectivity index (χ0) is 45.4. The van der Waals surface area contributed by atoms with Gasteiger partial charge in [-0.15, -0.1) is 0 Å². The van der Waals surface area contributed by atoms with Crippen molar-refractivity contribution in [1.29, 1.82) is 0 Å². The molecule has 322 valence electrons. The maximum Gasteiger partial charge on any atom is 0.141 e. The van der Waals surface area contributed by atoms with Crippen molar-refractivity contribution >= 4 is 39.0 Å². The van der Waals surface area contributed by atoms with Crippen molar-refractivity contribution in [3.8, 4) is 33.4 Å². The second kappa shape index (κ2) is 14.2. The molecule has 68 heavy (non-hydrogen) atoms. The molecule has 0 atom stereocenters. The first kappa shape index (κ1) is 39.0. The molecule has 0 spiro atoms. The Morgan fingerprint density at radius 2 is 0.809 bits per heavy atom. The van der Waals surface area contributed by atoms with Gasteiger partial charge in [-0.05, 0) is 121 Å². The van der Waals surface area contributed by atoms with E-state index < -0.39 is 10.8 Å². The maximum absolute atomic E-state index is 7.24. The van der Waals surface area contributed by atoms with Gasteiger partial charge in [-0.25, -0.2) is 0 Å². The smallest absolute Gasteiger partial charge is 0.141 e. The Bertz CT molecular complexity index is 3770. The number of hydrogen-bond acceptors (Lipinski definition) is 2. The van der Waals surface area contributed by atoms with Gasteiger partial charge in [0.1, 0.15) is 11.2 Å². The normalized spacial score (nSPS) is 15.0. The molecule has 0 radical (unpaired) electrons. The van der Waals surface area contributed by atoms with Crippen LogP contribution in [-0.4, -0.2) is 0 Å². The van der Waals surface area contributed by atoms with Crippen molar-refractivity contribution < 1.29 is 4.42 Å². The lowest BCUT2D eigenvalue weighted by atomic mass is 9.67. The van der Waals surface area contributed by atoms with Crippen molar-refractivity contribution in [2.45, 2.75) is 37.0 Å². The molecular weight excluding hydrogens is 823 g/mol. The van der Waals surface area contributed by atoms with Crippen molar-refractivity contribution in [2.75, 3.05) is 4.90 Å². The fourth-order valence-corrected chi connectivity index (χ4v) is 13.0. The van der Waals surface area contributed by atoms with Crippen molar-refractivity contribution in [3.05, 3.63) is 281 Å². The summed E-state index contributed by atoms with van der Waals surface area (Å²) < 4.78 is 7.24. The van der Waals surface area contributed by atoms with Crippen LogP contribution in [0, 0.1) is 0 Å². The van der Waals surface area contributed by atoms with Crippen molar-refractivity contribution in [2.24, 2.45) is 0 Å². The van der Waals surface area contributed by atoms with Crippen LogP contribution in [0.4, 0.5) is 17.1 Å². The minimum Gasteiger partial charge on any atom is -0.456 e. The molecule has 14 rings (SSSR count). The topological polar surface area (TPSA) is 16.4 Å². The average Bonchev–Trinajstić information content (AvgIpc) is 4.08. The fraction of sp³-hybridized carbons (Fsp3) is 0.0909. The molecule has 3 aliphatic rings. The van der Waals surface area contributed by atoms with Crippen LogP contribution in [0.3, 0.4) is 0 Å². The van der Waals surface area contributed by atoms with Crippen LogP contribution in [0.1, 0.15) is 70.8 Å². The largest absolute Gasteiger partial charge is 0.456 e.